The van der Waals surface area contributed by atoms with Crippen LogP contribution >= 0.6 is 15.9 Å². The Morgan fingerprint density at radius 3 is 2.59 bits per heavy atom. The summed E-state index contributed by atoms with van der Waals surface area (Å²) in [4.78, 5) is 32.8. The first-order valence-corrected chi connectivity index (χ1v) is 9.91. The van der Waals surface area contributed by atoms with Gasteiger partial charge in [0.2, 0.25) is 5.76 Å². The molecule has 6 heteroatoms. The van der Waals surface area contributed by atoms with Gasteiger partial charge in [0.05, 0.1) is 17.0 Å². The Bertz CT molecular complexity index is 1330. The first-order valence-electron chi connectivity index (χ1n) is 9.12. The number of nitrogens with zero attached hydrogens (tertiary/aromatic N) is 2. The van der Waals surface area contributed by atoms with E-state index in [1.54, 1.807) is 29.3 Å². The summed E-state index contributed by atoms with van der Waals surface area (Å²) >= 11 is 3.41. The van der Waals surface area contributed by atoms with Crippen molar-refractivity contribution in [3.8, 4) is 0 Å². The molecule has 0 saturated carbocycles. The lowest BCUT2D eigenvalue weighted by Gasteiger charge is -2.24. The Labute approximate surface area is 174 Å². The Hall–Kier alpha value is -3.25. The molecule has 0 saturated heterocycles. The summed E-state index contributed by atoms with van der Waals surface area (Å²) in [6.07, 6.45) is 1.66. The Kier molecular flexibility index (Phi) is 4.10. The summed E-state index contributed by atoms with van der Waals surface area (Å²) in [7, 11) is 0. The first kappa shape index (κ1) is 17.8. The molecule has 2 aromatic heterocycles. The minimum atomic E-state index is -0.604. The number of anilines is 1. The highest BCUT2D eigenvalue weighted by Crippen LogP contribution is 2.40. The van der Waals surface area contributed by atoms with Gasteiger partial charge in [-0.1, -0.05) is 46.3 Å². The molecular weight excluding hydrogens is 432 g/mol. The number of aromatic nitrogens is 1. The molecule has 0 fully saturated rings. The van der Waals surface area contributed by atoms with Gasteiger partial charge in [-0.25, -0.2) is 4.98 Å². The fourth-order valence-corrected chi connectivity index (χ4v) is 4.15. The molecule has 0 bridgehead atoms. The van der Waals surface area contributed by atoms with Crippen LogP contribution in [0.1, 0.15) is 33.3 Å². The van der Waals surface area contributed by atoms with Crippen LogP contribution in [0.15, 0.2) is 80.5 Å². The van der Waals surface area contributed by atoms with Gasteiger partial charge in [0, 0.05) is 10.7 Å². The highest BCUT2D eigenvalue weighted by atomic mass is 79.9. The number of fused-ring (bicyclic) bond motifs is 2. The lowest BCUT2D eigenvalue weighted by atomic mass is 9.98. The molecule has 0 spiro atoms. The van der Waals surface area contributed by atoms with Crippen LogP contribution in [-0.2, 0) is 0 Å². The molecular formula is C23H15BrN2O3. The second kappa shape index (κ2) is 6.67. The van der Waals surface area contributed by atoms with E-state index in [0.717, 1.165) is 15.6 Å². The molecule has 1 amide bonds. The van der Waals surface area contributed by atoms with E-state index in [0.29, 0.717) is 22.4 Å². The Morgan fingerprint density at radius 1 is 1.03 bits per heavy atom. The number of benzene rings is 2. The van der Waals surface area contributed by atoms with Crippen LogP contribution in [0.25, 0.3) is 11.0 Å². The predicted octanol–water partition coefficient (Wildman–Crippen LogP) is 5.01. The van der Waals surface area contributed by atoms with Crippen molar-refractivity contribution in [2.24, 2.45) is 0 Å². The fraction of sp³-hybridized carbons (Fsp3) is 0.0870. The Balaban J connectivity index is 1.84. The molecule has 1 unspecified atom stereocenters. The van der Waals surface area contributed by atoms with E-state index < -0.39 is 6.04 Å². The van der Waals surface area contributed by atoms with Crippen LogP contribution < -0.4 is 10.3 Å². The number of aryl methyl sites for hydroxylation is 1. The molecule has 2 aromatic carbocycles. The number of pyridine rings is 1. The van der Waals surface area contributed by atoms with E-state index in [4.69, 9.17) is 4.42 Å². The third kappa shape index (κ3) is 2.79. The molecule has 5 rings (SSSR count). The van der Waals surface area contributed by atoms with E-state index in [1.165, 1.54) is 0 Å². The van der Waals surface area contributed by atoms with Crippen molar-refractivity contribution in [3.63, 3.8) is 0 Å². The number of amides is 1. The molecule has 1 atom stereocenters. The molecule has 0 aliphatic carbocycles. The van der Waals surface area contributed by atoms with Crippen molar-refractivity contribution < 1.29 is 9.21 Å². The van der Waals surface area contributed by atoms with Crippen molar-refractivity contribution in [3.05, 3.63) is 104 Å². The van der Waals surface area contributed by atoms with Gasteiger partial charge in [0.1, 0.15) is 11.4 Å². The summed E-state index contributed by atoms with van der Waals surface area (Å²) in [6, 6.07) is 17.8. The highest BCUT2D eigenvalue weighted by Gasteiger charge is 2.44. The molecule has 5 nitrogen and oxygen atoms in total. The maximum Gasteiger partial charge on any atom is 0.296 e. The van der Waals surface area contributed by atoms with Crippen LogP contribution in [-0.4, -0.2) is 10.9 Å². The largest absolute Gasteiger partial charge is 0.450 e. The molecule has 0 N–H and O–H groups in total. The average molecular weight is 447 g/mol. The van der Waals surface area contributed by atoms with Crippen molar-refractivity contribution >= 4 is 38.6 Å². The number of carbonyl (C=O) groups excluding carboxylic acids is 1. The van der Waals surface area contributed by atoms with Crippen molar-refractivity contribution in [2.45, 2.75) is 13.0 Å². The van der Waals surface area contributed by atoms with Gasteiger partial charge in [-0.2, -0.15) is 0 Å². The van der Waals surface area contributed by atoms with Gasteiger partial charge < -0.3 is 4.42 Å². The van der Waals surface area contributed by atoms with Crippen LogP contribution in [0.4, 0.5) is 5.82 Å². The van der Waals surface area contributed by atoms with Gasteiger partial charge in [-0.05, 0) is 48.4 Å². The number of carbonyl (C=O) groups is 1. The average Bonchev–Trinajstić information content (AvgIpc) is 3.02. The smallest absolute Gasteiger partial charge is 0.296 e. The SMILES string of the molecule is Cc1ccnc(N2C(=O)c3oc4ccc(Br)cc4c(=O)c3C2c2ccccc2)c1. The van der Waals surface area contributed by atoms with E-state index in [2.05, 4.69) is 20.9 Å². The van der Waals surface area contributed by atoms with E-state index in [-0.39, 0.29) is 17.1 Å². The zero-order valence-corrected chi connectivity index (χ0v) is 17.0. The van der Waals surface area contributed by atoms with Gasteiger partial charge in [-0.3, -0.25) is 14.5 Å². The third-order valence-corrected chi connectivity index (χ3v) is 5.59. The standard InChI is InChI=1S/C23H15BrN2O3/c1-13-9-10-25-18(11-13)26-20(14-5-3-2-4-6-14)19-21(27)16-12-15(24)7-8-17(16)29-22(19)23(26)28/h2-12,20H,1H3. The van der Waals surface area contributed by atoms with E-state index in [1.807, 2.05) is 49.4 Å². The normalized spacial score (nSPS) is 15.7. The Morgan fingerprint density at radius 2 is 1.83 bits per heavy atom. The number of hydrogen-bond donors (Lipinski definition) is 0. The highest BCUT2D eigenvalue weighted by molar-refractivity contribution is 9.10. The quantitative estimate of drug-likeness (QED) is 0.434. The van der Waals surface area contributed by atoms with Crippen molar-refractivity contribution in [2.75, 3.05) is 4.90 Å². The van der Waals surface area contributed by atoms with Crippen LogP contribution in [0, 0.1) is 6.92 Å². The molecule has 29 heavy (non-hydrogen) atoms. The molecule has 0 radical (unpaired) electrons. The maximum absolute atomic E-state index is 13.5. The van der Waals surface area contributed by atoms with Crippen LogP contribution in [0.2, 0.25) is 0 Å². The summed E-state index contributed by atoms with van der Waals surface area (Å²) in [5, 5.41) is 0.436. The van der Waals surface area contributed by atoms with Gasteiger partial charge >= 0.3 is 0 Å². The fourth-order valence-electron chi connectivity index (χ4n) is 3.78. The summed E-state index contributed by atoms with van der Waals surface area (Å²) < 4.78 is 6.72. The van der Waals surface area contributed by atoms with Crippen LogP contribution in [0.3, 0.4) is 0 Å². The summed E-state index contributed by atoms with van der Waals surface area (Å²) in [6.45, 7) is 1.94. The zero-order valence-electron chi connectivity index (χ0n) is 15.4. The molecule has 1 aliphatic heterocycles. The number of hydrogen-bond acceptors (Lipinski definition) is 4. The molecule has 4 aromatic rings. The molecule has 1 aliphatic rings. The second-order valence-corrected chi connectivity index (χ2v) is 7.91. The second-order valence-electron chi connectivity index (χ2n) is 6.99. The summed E-state index contributed by atoms with van der Waals surface area (Å²) in [5.74, 6) is 0.191. The zero-order chi connectivity index (χ0) is 20.1. The minimum absolute atomic E-state index is 0.0713. The van der Waals surface area contributed by atoms with Gasteiger partial charge in [-0.15, -0.1) is 0 Å². The van der Waals surface area contributed by atoms with Gasteiger partial charge in [0.15, 0.2) is 5.43 Å². The van der Waals surface area contributed by atoms with Crippen molar-refractivity contribution in [1.29, 1.82) is 0 Å². The first-order chi connectivity index (χ1) is 14.0. The van der Waals surface area contributed by atoms with Crippen LogP contribution in [0.5, 0.6) is 0 Å². The summed E-state index contributed by atoms with van der Waals surface area (Å²) in [5.41, 5.74) is 2.31. The topological polar surface area (TPSA) is 63.4 Å². The number of halogens is 1. The molecule has 3 heterocycles. The minimum Gasteiger partial charge on any atom is -0.450 e. The van der Waals surface area contributed by atoms with Crippen molar-refractivity contribution in [1.82, 2.24) is 4.98 Å². The molecule has 142 valence electrons. The lowest BCUT2D eigenvalue weighted by molar-refractivity contribution is 0.0970. The van der Waals surface area contributed by atoms with E-state index >= 15 is 0 Å². The third-order valence-electron chi connectivity index (χ3n) is 5.10. The lowest BCUT2D eigenvalue weighted by Crippen LogP contribution is -2.30. The predicted molar refractivity (Wildman–Crippen MR) is 114 cm³/mol. The van der Waals surface area contributed by atoms with E-state index in [9.17, 15) is 9.59 Å². The van der Waals surface area contributed by atoms with Gasteiger partial charge in [0.25, 0.3) is 5.91 Å². The maximum atomic E-state index is 13.5. The number of rotatable bonds is 2. The monoisotopic (exact) mass is 446 g/mol.